The lowest BCUT2D eigenvalue weighted by molar-refractivity contribution is -0.141. The van der Waals surface area contributed by atoms with Gasteiger partial charge in [-0.3, -0.25) is 14.5 Å². The summed E-state index contributed by atoms with van der Waals surface area (Å²) < 4.78 is 40.2. The minimum absolute atomic E-state index is 0.137. The van der Waals surface area contributed by atoms with E-state index in [0.29, 0.717) is 123 Å². The molecule has 1 aliphatic heterocycles. The predicted molar refractivity (Wildman–Crippen MR) is 194 cm³/mol. The van der Waals surface area contributed by atoms with Gasteiger partial charge in [-0.25, -0.2) is 9.48 Å². The van der Waals surface area contributed by atoms with Crippen LogP contribution in [-0.4, -0.2) is 143 Å². The number of carbonyl (C=O) groups is 3. The van der Waals surface area contributed by atoms with Gasteiger partial charge in [0.05, 0.1) is 118 Å². The third-order valence-corrected chi connectivity index (χ3v) is 8.06. The van der Waals surface area contributed by atoms with E-state index >= 15 is 0 Å². The number of hydrogen-bond donors (Lipinski definition) is 2. The minimum Gasteiger partial charge on any atom is -0.377 e. The largest absolute Gasteiger partial charge is 0.377 e. The van der Waals surface area contributed by atoms with E-state index in [2.05, 4.69) is 41.7 Å². The normalized spacial score (nSPS) is 15.2. The van der Waals surface area contributed by atoms with Gasteiger partial charge in [-0.05, 0) is 23.7 Å². The van der Waals surface area contributed by atoms with E-state index in [-0.39, 0.29) is 42.1 Å². The number of ether oxygens (including phenoxy) is 7. The molecule has 1 atom stereocenters. The van der Waals surface area contributed by atoms with E-state index in [1.54, 1.807) is 10.9 Å². The van der Waals surface area contributed by atoms with Crippen LogP contribution in [0.25, 0.3) is 0 Å². The Morgan fingerprint density at radius 2 is 1.19 bits per heavy atom. The fourth-order valence-corrected chi connectivity index (χ4v) is 5.07. The highest BCUT2D eigenvalue weighted by Crippen LogP contribution is 2.35. The quantitative estimate of drug-likeness (QED) is 0.0873. The van der Waals surface area contributed by atoms with Crippen molar-refractivity contribution in [1.29, 1.82) is 0 Å². The van der Waals surface area contributed by atoms with Crippen molar-refractivity contribution in [3.05, 3.63) is 11.9 Å². The van der Waals surface area contributed by atoms with Crippen molar-refractivity contribution in [3.8, 4) is 0 Å². The molecule has 4 amide bonds. The SMILES string of the molecule is CC(C)(C)CCCCNC(=O)NCCOCCOCCOCCOCCOCCOCCOCCn1cc(CN2C(=O)CC(C(C)(C)C)C2=O)nn1. The van der Waals surface area contributed by atoms with E-state index < -0.39 is 0 Å². The summed E-state index contributed by atoms with van der Waals surface area (Å²) in [5.41, 5.74) is 0.643. The van der Waals surface area contributed by atoms with Crippen molar-refractivity contribution in [3.63, 3.8) is 0 Å². The van der Waals surface area contributed by atoms with E-state index in [9.17, 15) is 14.4 Å². The highest BCUT2D eigenvalue weighted by atomic mass is 16.6. The maximum Gasteiger partial charge on any atom is 0.314 e. The van der Waals surface area contributed by atoms with Gasteiger partial charge < -0.3 is 43.8 Å². The topological polar surface area (TPSA) is 174 Å². The van der Waals surface area contributed by atoms with Gasteiger partial charge in [0.2, 0.25) is 11.8 Å². The van der Waals surface area contributed by atoms with Crippen molar-refractivity contribution in [2.75, 3.05) is 106 Å². The van der Waals surface area contributed by atoms with Crippen LogP contribution in [0.5, 0.6) is 0 Å². The Hall–Kier alpha value is -2.73. The number of rotatable bonds is 30. The third kappa shape index (κ3) is 21.7. The highest BCUT2D eigenvalue weighted by Gasteiger charge is 2.44. The lowest BCUT2D eigenvalue weighted by Gasteiger charge is -2.24. The minimum atomic E-state index is -0.306. The molecule has 1 fully saturated rings. The molecule has 0 spiro atoms. The highest BCUT2D eigenvalue weighted by molar-refractivity contribution is 6.03. The average molecular weight is 743 g/mol. The number of nitrogens with zero attached hydrogens (tertiary/aromatic N) is 4. The van der Waals surface area contributed by atoms with Crippen molar-refractivity contribution in [2.24, 2.45) is 16.7 Å². The van der Waals surface area contributed by atoms with Gasteiger partial charge in [0.1, 0.15) is 5.69 Å². The number of hydrogen-bond acceptors (Lipinski definition) is 12. The number of unbranched alkanes of at least 4 members (excludes halogenated alkanes) is 1. The standard InChI is InChI=1S/C36H66N6O10/c1-35(2,3)9-7-8-10-37-34(45)38-11-13-46-15-17-48-19-21-50-23-25-52-26-24-51-22-20-49-18-16-47-14-12-41-28-30(39-40-41)29-42-32(43)27-31(33(42)44)36(4,5)6/h28,31H,7-27,29H2,1-6H3,(H2,37,38,45). The Bertz CT molecular complexity index is 1120. The molecule has 2 heterocycles. The van der Waals surface area contributed by atoms with Crippen LogP contribution in [0.15, 0.2) is 6.20 Å². The smallest absolute Gasteiger partial charge is 0.314 e. The van der Waals surface area contributed by atoms with Crippen LogP contribution in [-0.2, 0) is 55.8 Å². The first kappa shape index (κ1) is 45.4. The van der Waals surface area contributed by atoms with Crippen molar-refractivity contribution >= 4 is 17.8 Å². The van der Waals surface area contributed by atoms with Crippen LogP contribution in [0.2, 0.25) is 0 Å². The van der Waals surface area contributed by atoms with Crippen LogP contribution < -0.4 is 10.6 Å². The summed E-state index contributed by atoms with van der Waals surface area (Å²) in [4.78, 5) is 38.1. The second kappa shape index (κ2) is 26.1. The summed E-state index contributed by atoms with van der Waals surface area (Å²) in [6.45, 7) is 20.8. The molecular formula is C36H66N6O10. The number of urea groups is 1. The molecule has 300 valence electrons. The molecule has 0 aliphatic carbocycles. The van der Waals surface area contributed by atoms with Gasteiger partial charge in [-0.1, -0.05) is 53.2 Å². The molecule has 0 bridgehead atoms. The Balaban J connectivity index is 1.26. The first-order valence-electron chi connectivity index (χ1n) is 18.7. The van der Waals surface area contributed by atoms with Crippen LogP contribution in [0.3, 0.4) is 0 Å². The van der Waals surface area contributed by atoms with Gasteiger partial charge in [0.15, 0.2) is 0 Å². The van der Waals surface area contributed by atoms with E-state index in [1.807, 2.05) is 20.8 Å². The lowest BCUT2D eigenvalue weighted by atomic mass is 9.80. The number of amides is 4. The van der Waals surface area contributed by atoms with Gasteiger partial charge in [-0.2, -0.15) is 0 Å². The number of likely N-dealkylation sites (tertiary alicyclic amines) is 1. The fraction of sp³-hybridized carbons (Fsp3) is 0.861. The van der Waals surface area contributed by atoms with Crippen LogP contribution in [0.4, 0.5) is 4.79 Å². The number of carbonyl (C=O) groups excluding carboxylic acids is 3. The molecule has 52 heavy (non-hydrogen) atoms. The van der Waals surface area contributed by atoms with E-state index in [4.69, 9.17) is 33.2 Å². The molecule has 1 unspecified atom stereocenters. The zero-order valence-electron chi connectivity index (χ0n) is 32.6. The van der Waals surface area contributed by atoms with Crippen LogP contribution in [0.1, 0.15) is 72.9 Å². The molecule has 1 saturated heterocycles. The molecule has 1 aliphatic rings. The summed E-state index contributed by atoms with van der Waals surface area (Å²) >= 11 is 0. The Morgan fingerprint density at radius 3 is 1.67 bits per heavy atom. The molecule has 2 rings (SSSR count). The zero-order valence-corrected chi connectivity index (χ0v) is 32.6. The van der Waals surface area contributed by atoms with E-state index in [1.165, 1.54) is 4.90 Å². The second-order valence-corrected chi connectivity index (χ2v) is 14.9. The van der Waals surface area contributed by atoms with Crippen LogP contribution >= 0.6 is 0 Å². The third-order valence-electron chi connectivity index (χ3n) is 8.06. The molecule has 1 aromatic rings. The molecule has 16 heteroatoms. The van der Waals surface area contributed by atoms with Crippen molar-refractivity contribution in [1.82, 2.24) is 30.5 Å². The summed E-state index contributed by atoms with van der Waals surface area (Å²) in [6, 6.07) is -0.160. The Labute approximate surface area is 310 Å². The van der Waals surface area contributed by atoms with E-state index in [0.717, 1.165) is 19.3 Å². The summed E-state index contributed by atoms with van der Waals surface area (Å²) in [7, 11) is 0. The summed E-state index contributed by atoms with van der Waals surface area (Å²) in [5.74, 6) is -0.613. The van der Waals surface area contributed by atoms with Gasteiger partial charge in [0.25, 0.3) is 0 Å². The molecular weight excluding hydrogens is 676 g/mol. The van der Waals surface area contributed by atoms with Gasteiger partial charge >= 0.3 is 6.03 Å². The molecule has 0 saturated carbocycles. The molecule has 1 aromatic heterocycles. The van der Waals surface area contributed by atoms with Crippen molar-refractivity contribution in [2.45, 2.75) is 80.3 Å². The van der Waals surface area contributed by atoms with Crippen LogP contribution in [0, 0.1) is 16.7 Å². The number of nitrogens with one attached hydrogen (secondary N) is 2. The molecule has 0 aromatic carbocycles. The summed E-state index contributed by atoms with van der Waals surface area (Å²) in [6.07, 6.45) is 5.21. The number of aromatic nitrogens is 3. The van der Waals surface area contributed by atoms with Gasteiger partial charge in [-0.15, -0.1) is 5.10 Å². The predicted octanol–water partition coefficient (Wildman–Crippen LogP) is 2.83. The van der Waals surface area contributed by atoms with Gasteiger partial charge in [0, 0.05) is 19.5 Å². The first-order chi connectivity index (χ1) is 24.9. The molecule has 16 nitrogen and oxygen atoms in total. The Morgan fingerprint density at radius 1 is 0.712 bits per heavy atom. The monoisotopic (exact) mass is 742 g/mol. The zero-order chi connectivity index (χ0) is 38.1. The maximum atomic E-state index is 12.7. The first-order valence-corrected chi connectivity index (χ1v) is 18.7. The maximum absolute atomic E-state index is 12.7. The average Bonchev–Trinajstić information content (AvgIpc) is 3.65. The number of imide groups is 1. The fourth-order valence-electron chi connectivity index (χ4n) is 5.07. The summed E-state index contributed by atoms with van der Waals surface area (Å²) in [5, 5.41) is 13.8. The molecule has 0 radical (unpaired) electrons. The van der Waals surface area contributed by atoms with Crippen molar-refractivity contribution < 1.29 is 47.5 Å². The second-order valence-electron chi connectivity index (χ2n) is 14.9. The molecule has 2 N–H and O–H groups in total. The Kier molecular flexibility index (Phi) is 22.8. The lowest BCUT2D eigenvalue weighted by Crippen LogP contribution is -2.37.